The van der Waals surface area contributed by atoms with Gasteiger partial charge in [0.2, 0.25) is 5.92 Å². The zero-order valence-electron chi connectivity index (χ0n) is 10.4. The van der Waals surface area contributed by atoms with Gasteiger partial charge in [0, 0.05) is 32.1 Å². The van der Waals surface area contributed by atoms with Gasteiger partial charge in [-0.25, -0.2) is 13.8 Å². The van der Waals surface area contributed by atoms with Gasteiger partial charge in [-0.3, -0.25) is 0 Å². The third kappa shape index (κ3) is 3.39. The second kappa shape index (κ2) is 5.46. The molecular formula is C12H12BrF5N2. The lowest BCUT2D eigenvalue weighted by Crippen LogP contribution is -2.27. The van der Waals surface area contributed by atoms with Gasteiger partial charge in [0.15, 0.2) is 0 Å². The lowest BCUT2D eigenvalue weighted by Gasteiger charge is -2.24. The summed E-state index contributed by atoms with van der Waals surface area (Å²) in [5, 5.41) is 0. The quantitative estimate of drug-likeness (QED) is 0.687. The molecule has 0 unspecified atom stereocenters. The van der Waals surface area contributed by atoms with E-state index in [0.29, 0.717) is 0 Å². The lowest BCUT2D eigenvalue weighted by atomic mass is 10.1. The Balaban J connectivity index is 2.29. The predicted molar refractivity (Wildman–Crippen MR) is 68.0 cm³/mol. The summed E-state index contributed by atoms with van der Waals surface area (Å²) in [5.41, 5.74) is -0.849. The van der Waals surface area contributed by atoms with E-state index in [-0.39, 0.29) is 42.6 Å². The molecule has 0 spiro atoms. The number of pyridine rings is 1. The average Bonchev–Trinajstić information content (AvgIpc) is 2.49. The molecule has 0 bridgehead atoms. The van der Waals surface area contributed by atoms with Crippen molar-refractivity contribution in [1.82, 2.24) is 4.98 Å². The molecule has 2 rings (SSSR count). The van der Waals surface area contributed by atoms with E-state index in [2.05, 4.69) is 20.9 Å². The van der Waals surface area contributed by atoms with Gasteiger partial charge in [-0.15, -0.1) is 0 Å². The van der Waals surface area contributed by atoms with Gasteiger partial charge >= 0.3 is 6.18 Å². The molecule has 112 valence electrons. The van der Waals surface area contributed by atoms with Crippen LogP contribution < -0.4 is 4.90 Å². The van der Waals surface area contributed by atoms with Gasteiger partial charge < -0.3 is 4.90 Å². The van der Waals surface area contributed by atoms with E-state index < -0.39 is 17.7 Å². The summed E-state index contributed by atoms with van der Waals surface area (Å²) in [6, 6.07) is 0.861. The molecule has 0 aromatic carbocycles. The molecule has 1 saturated heterocycles. The van der Waals surface area contributed by atoms with E-state index in [4.69, 9.17) is 0 Å². The van der Waals surface area contributed by atoms with Crippen LogP contribution in [0.1, 0.15) is 24.8 Å². The lowest BCUT2D eigenvalue weighted by molar-refractivity contribution is -0.138. The van der Waals surface area contributed by atoms with E-state index in [1.54, 1.807) is 0 Å². The monoisotopic (exact) mass is 358 g/mol. The van der Waals surface area contributed by atoms with Crippen LogP contribution in [0.3, 0.4) is 0 Å². The smallest absolute Gasteiger partial charge is 0.355 e. The highest BCUT2D eigenvalue weighted by molar-refractivity contribution is 9.10. The second-order valence-corrected chi connectivity index (χ2v) is 5.48. The van der Waals surface area contributed by atoms with Crippen LogP contribution in [0.4, 0.5) is 27.8 Å². The maximum atomic E-state index is 13.3. The molecule has 20 heavy (non-hydrogen) atoms. The van der Waals surface area contributed by atoms with Crippen LogP contribution in [0.25, 0.3) is 0 Å². The number of rotatable bonds is 1. The van der Waals surface area contributed by atoms with Crippen molar-refractivity contribution in [3.05, 3.63) is 22.3 Å². The van der Waals surface area contributed by atoms with Crippen LogP contribution in [0.2, 0.25) is 0 Å². The Bertz CT molecular complexity index is 489. The fraction of sp³-hybridized carbons (Fsp3) is 0.583. The molecule has 0 atom stereocenters. The van der Waals surface area contributed by atoms with Crippen molar-refractivity contribution in [2.24, 2.45) is 0 Å². The van der Waals surface area contributed by atoms with E-state index in [1.165, 1.54) is 4.90 Å². The largest absolute Gasteiger partial charge is 0.417 e. The minimum absolute atomic E-state index is 0.0140. The maximum absolute atomic E-state index is 13.3. The zero-order valence-corrected chi connectivity index (χ0v) is 11.9. The average molecular weight is 359 g/mol. The van der Waals surface area contributed by atoms with E-state index in [1.807, 2.05) is 0 Å². The number of anilines is 1. The number of alkyl halides is 5. The molecular weight excluding hydrogens is 347 g/mol. The van der Waals surface area contributed by atoms with Crippen molar-refractivity contribution < 1.29 is 22.0 Å². The van der Waals surface area contributed by atoms with Gasteiger partial charge in [-0.2, -0.15) is 13.2 Å². The van der Waals surface area contributed by atoms with Crippen LogP contribution in [-0.2, 0) is 6.18 Å². The normalized spacial score (nSPS) is 19.8. The summed E-state index contributed by atoms with van der Waals surface area (Å²) in [6.45, 7) is 0.252. The Labute approximate surface area is 121 Å². The molecule has 8 heteroatoms. The van der Waals surface area contributed by atoms with Gasteiger partial charge in [-0.05, 0) is 28.4 Å². The van der Waals surface area contributed by atoms with Crippen molar-refractivity contribution in [2.75, 3.05) is 18.0 Å². The van der Waals surface area contributed by atoms with Crippen molar-refractivity contribution >= 4 is 21.7 Å². The summed E-state index contributed by atoms with van der Waals surface area (Å²) in [4.78, 5) is 5.37. The summed E-state index contributed by atoms with van der Waals surface area (Å²) in [7, 11) is 0. The highest BCUT2D eigenvalue weighted by Gasteiger charge is 2.36. The molecule has 0 aliphatic carbocycles. The molecule has 1 aliphatic rings. The molecule has 2 heterocycles. The van der Waals surface area contributed by atoms with Crippen molar-refractivity contribution in [3.8, 4) is 0 Å². The highest BCUT2D eigenvalue weighted by Crippen LogP contribution is 2.39. The molecule has 1 aromatic rings. The topological polar surface area (TPSA) is 16.1 Å². The number of halogens is 6. The van der Waals surface area contributed by atoms with Gasteiger partial charge in [0.1, 0.15) is 5.82 Å². The van der Waals surface area contributed by atoms with Crippen molar-refractivity contribution in [1.29, 1.82) is 0 Å². The Morgan fingerprint density at radius 2 is 1.90 bits per heavy atom. The van der Waals surface area contributed by atoms with Crippen LogP contribution in [-0.4, -0.2) is 24.0 Å². The molecule has 2 nitrogen and oxygen atoms in total. The van der Waals surface area contributed by atoms with Gasteiger partial charge in [-0.1, -0.05) is 0 Å². The first-order valence-corrected chi connectivity index (χ1v) is 6.84. The first kappa shape index (κ1) is 15.5. The van der Waals surface area contributed by atoms with Crippen LogP contribution in [0, 0.1) is 0 Å². The van der Waals surface area contributed by atoms with E-state index >= 15 is 0 Å². The highest BCUT2D eigenvalue weighted by atomic mass is 79.9. The van der Waals surface area contributed by atoms with Crippen LogP contribution in [0.5, 0.6) is 0 Å². The first-order chi connectivity index (χ1) is 9.21. The second-order valence-electron chi connectivity index (χ2n) is 4.69. The third-order valence-electron chi connectivity index (χ3n) is 3.19. The van der Waals surface area contributed by atoms with Crippen molar-refractivity contribution in [3.63, 3.8) is 0 Å². The van der Waals surface area contributed by atoms with Crippen LogP contribution >= 0.6 is 15.9 Å². The molecule has 0 amide bonds. The predicted octanol–water partition coefficient (Wildman–Crippen LogP) is 4.49. The first-order valence-electron chi connectivity index (χ1n) is 6.05. The van der Waals surface area contributed by atoms with Crippen LogP contribution in [0.15, 0.2) is 16.7 Å². The van der Waals surface area contributed by atoms with Gasteiger partial charge in [0.25, 0.3) is 0 Å². The molecule has 0 saturated carbocycles. The fourth-order valence-electron chi connectivity index (χ4n) is 2.15. The summed E-state index contributed by atoms with van der Waals surface area (Å²) in [6.07, 6.45) is -3.87. The molecule has 1 aliphatic heterocycles. The Morgan fingerprint density at radius 3 is 2.55 bits per heavy atom. The summed E-state index contributed by atoms with van der Waals surface area (Å²) in [5.74, 6) is -2.69. The summed E-state index contributed by atoms with van der Waals surface area (Å²) >= 11 is 2.89. The van der Waals surface area contributed by atoms with E-state index in [0.717, 1.165) is 12.3 Å². The number of aromatic nitrogens is 1. The number of hydrogen-bond donors (Lipinski definition) is 0. The maximum Gasteiger partial charge on any atom is 0.417 e. The Morgan fingerprint density at radius 1 is 1.20 bits per heavy atom. The zero-order chi connectivity index (χ0) is 15.0. The number of nitrogens with zero attached hydrogens (tertiary/aromatic N) is 2. The Kier molecular flexibility index (Phi) is 4.22. The molecule has 0 N–H and O–H groups in total. The number of hydrogen-bond acceptors (Lipinski definition) is 2. The molecule has 1 aromatic heterocycles. The van der Waals surface area contributed by atoms with Crippen molar-refractivity contribution in [2.45, 2.75) is 31.4 Å². The van der Waals surface area contributed by atoms with E-state index in [9.17, 15) is 22.0 Å². The SMILES string of the molecule is FC1(F)CCCN(c2nccc(C(F)(F)F)c2Br)CC1. The molecule has 0 radical (unpaired) electrons. The minimum Gasteiger partial charge on any atom is -0.355 e. The minimum atomic E-state index is -4.51. The Hall–Kier alpha value is -0.920. The standard InChI is InChI=1S/C12H12BrF5N2/c13-9-8(12(16,17)18)2-5-19-10(9)20-6-1-3-11(14,15)4-7-20/h2,5H,1,3-4,6-7H2. The van der Waals surface area contributed by atoms with Gasteiger partial charge in [0.05, 0.1) is 10.0 Å². The molecule has 1 fully saturated rings. The fourth-order valence-corrected chi connectivity index (χ4v) is 2.86. The third-order valence-corrected chi connectivity index (χ3v) is 3.98. The summed E-state index contributed by atoms with van der Waals surface area (Å²) < 4.78 is 64.8.